The van der Waals surface area contributed by atoms with E-state index in [1.807, 2.05) is 30.1 Å². The number of hydrogen-bond acceptors (Lipinski definition) is 4. The molecule has 0 spiro atoms. The van der Waals surface area contributed by atoms with E-state index in [-0.39, 0.29) is 17.7 Å². The number of likely N-dealkylation sites (tertiary alicyclic amines) is 1. The van der Waals surface area contributed by atoms with Gasteiger partial charge in [-0.3, -0.25) is 4.79 Å². The van der Waals surface area contributed by atoms with E-state index in [0.29, 0.717) is 11.9 Å². The molecule has 1 aliphatic heterocycles. The van der Waals surface area contributed by atoms with E-state index >= 15 is 0 Å². The van der Waals surface area contributed by atoms with Crippen LogP contribution in [0.5, 0.6) is 0 Å². The highest BCUT2D eigenvalue weighted by Gasteiger charge is 2.30. The van der Waals surface area contributed by atoms with Crippen LogP contribution in [0.3, 0.4) is 0 Å². The standard InChI is InChI=1S/C24H29FN4O/c1-28(2)24-26-16-21(17-8-10-20(25)11-9-17)22(27-24)18-12-14-29(15-13-18)23(30)19-6-4-3-5-7-19/h3-4,8-11,16,18-19H,5-7,12-15H2,1-2H3/t19-/m1/s1. The van der Waals surface area contributed by atoms with Gasteiger partial charge in [-0.05, 0) is 49.8 Å². The molecular formula is C24H29FN4O. The van der Waals surface area contributed by atoms with Crippen molar-refractivity contribution in [1.29, 1.82) is 0 Å². The lowest BCUT2D eigenvalue weighted by atomic mass is 9.87. The van der Waals surface area contributed by atoms with Crippen molar-refractivity contribution in [2.75, 3.05) is 32.1 Å². The van der Waals surface area contributed by atoms with Gasteiger partial charge >= 0.3 is 0 Å². The summed E-state index contributed by atoms with van der Waals surface area (Å²) in [6.45, 7) is 1.52. The molecule has 1 atom stereocenters. The number of allylic oxidation sites excluding steroid dienone is 2. The molecule has 2 aliphatic rings. The zero-order valence-corrected chi connectivity index (χ0v) is 17.7. The first kappa shape index (κ1) is 20.5. The lowest BCUT2D eigenvalue weighted by molar-refractivity contribution is -0.136. The number of carbonyl (C=O) groups is 1. The minimum atomic E-state index is -0.254. The molecular weight excluding hydrogens is 379 g/mol. The predicted molar refractivity (Wildman–Crippen MR) is 117 cm³/mol. The first-order chi connectivity index (χ1) is 14.5. The molecule has 4 rings (SSSR count). The summed E-state index contributed by atoms with van der Waals surface area (Å²) in [5, 5.41) is 0. The smallest absolute Gasteiger partial charge is 0.226 e. The predicted octanol–water partition coefficient (Wildman–Crippen LogP) is 4.41. The second-order valence-corrected chi connectivity index (χ2v) is 8.45. The number of amides is 1. The van der Waals surface area contributed by atoms with Gasteiger partial charge in [0.2, 0.25) is 11.9 Å². The normalized spacial score (nSPS) is 19.7. The molecule has 1 aromatic heterocycles. The van der Waals surface area contributed by atoms with Gasteiger partial charge in [0.05, 0.1) is 5.69 Å². The number of carbonyl (C=O) groups excluding carboxylic acids is 1. The van der Waals surface area contributed by atoms with E-state index in [9.17, 15) is 9.18 Å². The Kier molecular flexibility index (Phi) is 6.11. The molecule has 1 saturated heterocycles. The van der Waals surface area contributed by atoms with Gasteiger partial charge in [0, 0.05) is 50.8 Å². The first-order valence-corrected chi connectivity index (χ1v) is 10.8. The van der Waals surface area contributed by atoms with Crippen molar-refractivity contribution in [2.45, 2.75) is 38.0 Å². The second-order valence-electron chi connectivity index (χ2n) is 8.45. The van der Waals surface area contributed by atoms with Crippen molar-refractivity contribution in [2.24, 2.45) is 5.92 Å². The maximum absolute atomic E-state index is 13.4. The third kappa shape index (κ3) is 4.37. The quantitative estimate of drug-likeness (QED) is 0.703. The van der Waals surface area contributed by atoms with Crippen LogP contribution in [0, 0.1) is 11.7 Å². The summed E-state index contributed by atoms with van der Waals surface area (Å²) in [7, 11) is 3.85. The maximum Gasteiger partial charge on any atom is 0.226 e. The summed E-state index contributed by atoms with van der Waals surface area (Å²) >= 11 is 0. The number of aromatic nitrogens is 2. The molecule has 2 heterocycles. The molecule has 158 valence electrons. The maximum atomic E-state index is 13.4. The Morgan fingerprint density at radius 3 is 2.47 bits per heavy atom. The number of hydrogen-bond donors (Lipinski definition) is 0. The topological polar surface area (TPSA) is 49.3 Å². The summed E-state index contributed by atoms with van der Waals surface area (Å²) in [6, 6.07) is 6.50. The van der Waals surface area contributed by atoms with Gasteiger partial charge in [-0.1, -0.05) is 24.3 Å². The van der Waals surface area contributed by atoms with Gasteiger partial charge in [-0.25, -0.2) is 14.4 Å². The number of nitrogens with zero attached hydrogens (tertiary/aromatic N) is 4. The molecule has 0 radical (unpaired) electrons. The van der Waals surface area contributed by atoms with E-state index in [0.717, 1.165) is 62.0 Å². The Morgan fingerprint density at radius 1 is 1.10 bits per heavy atom. The fraction of sp³-hybridized carbons (Fsp3) is 0.458. The van der Waals surface area contributed by atoms with Gasteiger partial charge in [0.15, 0.2) is 0 Å². The molecule has 0 unspecified atom stereocenters. The summed E-state index contributed by atoms with van der Waals surface area (Å²) in [6.07, 6.45) is 10.7. The van der Waals surface area contributed by atoms with E-state index in [1.165, 1.54) is 12.1 Å². The molecule has 1 aliphatic carbocycles. The minimum absolute atomic E-state index is 0.140. The molecule has 5 nitrogen and oxygen atoms in total. The van der Waals surface area contributed by atoms with Crippen LogP contribution < -0.4 is 4.90 Å². The zero-order chi connectivity index (χ0) is 21.1. The average molecular weight is 409 g/mol. The van der Waals surface area contributed by atoms with Crippen molar-refractivity contribution in [3.05, 3.63) is 54.1 Å². The number of rotatable bonds is 4. The number of anilines is 1. The largest absolute Gasteiger partial charge is 0.347 e. The highest BCUT2D eigenvalue weighted by atomic mass is 19.1. The van der Waals surface area contributed by atoms with E-state index < -0.39 is 0 Å². The third-order valence-electron chi connectivity index (χ3n) is 6.17. The minimum Gasteiger partial charge on any atom is -0.347 e. The van der Waals surface area contributed by atoms with Crippen molar-refractivity contribution in [3.8, 4) is 11.1 Å². The fourth-order valence-corrected chi connectivity index (χ4v) is 4.41. The van der Waals surface area contributed by atoms with Gasteiger partial charge in [-0.2, -0.15) is 0 Å². The molecule has 1 amide bonds. The molecule has 1 aromatic carbocycles. The molecule has 30 heavy (non-hydrogen) atoms. The Balaban J connectivity index is 1.54. The van der Waals surface area contributed by atoms with Crippen LogP contribution in [0.25, 0.3) is 11.1 Å². The second kappa shape index (κ2) is 8.94. The van der Waals surface area contributed by atoms with E-state index in [2.05, 4.69) is 17.1 Å². The van der Waals surface area contributed by atoms with Crippen molar-refractivity contribution < 1.29 is 9.18 Å². The number of halogens is 1. The lowest BCUT2D eigenvalue weighted by Gasteiger charge is -2.35. The Hall–Kier alpha value is -2.76. The van der Waals surface area contributed by atoms with Crippen LogP contribution in [-0.2, 0) is 4.79 Å². The Morgan fingerprint density at radius 2 is 1.83 bits per heavy atom. The molecule has 0 bridgehead atoms. The summed E-state index contributed by atoms with van der Waals surface area (Å²) in [5.41, 5.74) is 2.86. The SMILES string of the molecule is CN(C)c1ncc(-c2ccc(F)cc2)c(C2CCN(C(=O)[C@@H]3CC=CCC3)CC2)n1. The molecule has 0 saturated carbocycles. The molecule has 2 aromatic rings. The molecule has 1 fully saturated rings. The first-order valence-electron chi connectivity index (χ1n) is 10.8. The van der Waals surface area contributed by atoms with Crippen LogP contribution in [0.4, 0.5) is 10.3 Å². The Labute approximate surface area is 177 Å². The average Bonchev–Trinajstić information content (AvgIpc) is 2.79. The summed E-state index contributed by atoms with van der Waals surface area (Å²) < 4.78 is 13.4. The monoisotopic (exact) mass is 408 g/mol. The summed E-state index contributed by atoms with van der Waals surface area (Å²) in [5.74, 6) is 1.11. The fourth-order valence-electron chi connectivity index (χ4n) is 4.41. The van der Waals surface area contributed by atoms with E-state index in [4.69, 9.17) is 4.98 Å². The molecule has 6 heteroatoms. The van der Waals surface area contributed by atoms with Gasteiger partial charge in [0.25, 0.3) is 0 Å². The highest BCUT2D eigenvalue weighted by molar-refractivity contribution is 5.79. The van der Waals surface area contributed by atoms with Crippen LogP contribution in [0.2, 0.25) is 0 Å². The van der Waals surface area contributed by atoms with Crippen molar-refractivity contribution in [3.63, 3.8) is 0 Å². The third-order valence-corrected chi connectivity index (χ3v) is 6.17. The van der Waals surface area contributed by atoms with Gasteiger partial charge in [0.1, 0.15) is 5.82 Å². The van der Waals surface area contributed by atoms with Gasteiger partial charge in [-0.15, -0.1) is 0 Å². The zero-order valence-electron chi connectivity index (χ0n) is 17.7. The Bertz CT molecular complexity index is 917. The number of benzene rings is 1. The highest BCUT2D eigenvalue weighted by Crippen LogP contribution is 2.35. The van der Waals surface area contributed by atoms with Crippen molar-refractivity contribution >= 4 is 11.9 Å². The van der Waals surface area contributed by atoms with E-state index in [1.54, 1.807) is 12.1 Å². The van der Waals surface area contributed by atoms with Crippen molar-refractivity contribution in [1.82, 2.24) is 14.9 Å². The van der Waals surface area contributed by atoms with Crippen LogP contribution >= 0.6 is 0 Å². The summed E-state index contributed by atoms with van der Waals surface area (Å²) in [4.78, 5) is 26.2. The lowest BCUT2D eigenvalue weighted by Crippen LogP contribution is -2.41. The van der Waals surface area contributed by atoms with Crippen LogP contribution in [0.15, 0.2) is 42.6 Å². The number of piperidine rings is 1. The van der Waals surface area contributed by atoms with Crippen LogP contribution in [-0.4, -0.2) is 48.0 Å². The van der Waals surface area contributed by atoms with Crippen LogP contribution in [0.1, 0.15) is 43.7 Å². The molecule has 0 N–H and O–H groups in total. The van der Waals surface area contributed by atoms with Gasteiger partial charge < -0.3 is 9.80 Å².